The van der Waals surface area contributed by atoms with E-state index in [0.717, 1.165) is 17.8 Å². The minimum absolute atomic E-state index is 0.0998. The summed E-state index contributed by atoms with van der Waals surface area (Å²) < 4.78 is 0. The van der Waals surface area contributed by atoms with Crippen molar-refractivity contribution >= 4 is 27.8 Å². The van der Waals surface area contributed by atoms with Gasteiger partial charge in [-0.05, 0) is 129 Å². The van der Waals surface area contributed by atoms with Crippen LogP contribution in [0.25, 0.3) is 44.2 Å². The standard InChI is InChI=1S/C47H39N/c1-47(2)44-19-11-10-18-41(44)43-30-42(38-23-21-33-13-7-9-15-36(33)29-38)46(31-45(43)47)48(39-16-4-3-5-17-39)40-26-24-34(25-27-40)37-22-20-32-12-6-8-14-35(32)28-37/h3-6,8,10-12,14,16-31H,7,9,13,15H2,1-2H3. The molecule has 7 aromatic rings. The van der Waals surface area contributed by atoms with Crippen LogP contribution in [-0.4, -0.2) is 0 Å². The molecule has 0 amide bonds. The smallest absolute Gasteiger partial charge is 0.0543 e. The molecule has 1 heteroatoms. The number of anilines is 3. The molecular weight excluding hydrogens is 579 g/mol. The molecule has 0 unspecified atom stereocenters. The van der Waals surface area contributed by atoms with Crippen LogP contribution in [0.2, 0.25) is 0 Å². The van der Waals surface area contributed by atoms with Crippen molar-refractivity contribution in [3.63, 3.8) is 0 Å². The van der Waals surface area contributed by atoms with Crippen molar-refractivity contribution in [2.75, 3.05) is 4.90 Å². The van der Waals surface area contributed by atoms with Gasteiger partial charge in [0.1, 0.15) is 0 Å². The summed E-state index contributed by atoms with van der Waals surface area (Å²) in [6.45, 7) is 4.76. The first-order valence-electron chi connectivity index (χ1n) is 17.4. The van der Waals surface area contributed by atoms with Crippen LogP contribution in [0.4, 0.5) is 17.1 Å². The molecule has 0 bridgehead atoms. The number of nitrogens with zero attached hydrogens (tertiary/aromatic N) is 1. The number of hydrogen-bond donors (Lipinski definition) is 0. The summed E-state index contributed by atoms with van der Waals surface area (Å²) in [5.74, 6) is 0. The third kappa shape index (κ3) is 4.76. The van der Waals surface area contributed by atoms with Crippen LogP contribution in [0.15, 0.2) is 152 Å². The van der Waals surface area contributed by atoms with Crippen molar-refractivity contribution in [3.8, 4) is 33.4 Å². The molecular formula is C47H39N. The van der Waals surface area contributed by atoms with Crippen LogP contribution < -0.4 is 4.90 Å². The molecule has 0 spiro atoms. The molecule has 0 atom stereocenters. The lowest BCUT2D eigenvalue weighted by atomic mass is 9.81. The lowest BCUT2D eigenvalue weighted by Crippen LogP contribution is -2.17. The van der Waals surface area contributed by atoms with Gasteiger partial charge in [-0.2, -0.15) is 0 Å². The third-order valence-electron chi connectivity index (χ3n) is 10.8. The Morgan fingerprint density at radius 3 is 1.94 bits per heavy atom. The Morgan fingerprint density at radius 1 is 0.438 bits per heavy atom. The zero-order chi connectivity index (χ0) is 32.2. The Bertz CT molecular complexity index is 2310. The number of hydrogen-bond acceptors (Lipinski definition) is 1. The van der Waals surface area contributed by atoms with Gasteiger partial charge >= 0.3 is 0 Å². The van der Waals surface area contributed by atoms with E-state index in [2.05, 4.69) is 170 Å². The van der Waals surface area contributed by atoms with Gasteiger partial charge in [0, 0.05) is 22.4 Å². The molecule has 0 saturated carbocycles. The van der Waals surface area contributed by atoms with Gasteiger partial charge in [-0.15, -0.1) is 0 Å². The van der Waals surface area contributed by atoms with Crippen molar-refractivity contribution < 1.29 is 0 Å². The Balaban J connectivity index is 1.25. The van der Waals surface area contributed by atoms with Crippen molar-refractivity contribution in [1.29, 1.82) is 0 Å². The lowest BCUT2D eigenvalue weighted by molar-refractivity contribution is 0.660. The first kappa shape index (κ1) is 28.8. The fourth-order valence-electron chi connectivity index (χ4n) is 8.23. The number of aryl methyl sites for hydroxylation is 2. The van der Waals surface area contributed by atoms with Crippen LogP contribution in [0, 0.1) is 0 Å². The van der Waals surface area contributed by atoms with E-state index in [1.807, 2.05) is 0 Å². The Kier molecular flexibility index (Phi) is 6.83. The van der Waals surface area contributed by atoms with Crippen molar-refractivity contribution in [1.82, 2.24) is 0 Å². The van der Waals surface area contributed by atoms with E-state index in [1.165, 1.54) is 91.4 Å². The summed E-state index contributed by atoms with van der Waals surface area (Å²) in [6.07, 6.45) is 4.92. The fourth-order valence-corrected chi connectivity index (χ4v) is 8.23. The zero-order valence-corrected chi connectivity index (χ0v) is 27.7. The highest BCUT2D eigenvalue weighted by Crippen LogP contribution is 2.53. The van der Waals surface area contributed by atoms with E-state index < -0.39 is 0 Å². The van der Waals surface area contributed by atoms with E-state index >= 15 is 0 Å². The maximum atomic E-state index is 2.49. The Morgan fingerprint density at radius 2 is 1.10 bits per heavy atom. The number of para-hydroxylation sites is 1. The second-order valence-electron chi connectivity index (χ2n) is 14.1. The van der Waals surface area contributed by atoms with Crippen LogP contribution >= 0.6 is 0 Å². The topological polar surface area (TPSA) is 3.24 Å². The van der Waals surface area contributed by atoms with Gasteiger partial charge in [-0.1, -0.05) is 123 Å². The average Bonchev–Trinajstić information content (AvgIpc) is 3.37. The highest BCUT2D eigenvalue weighted by atomic mass is 15.1. The molecule has 7 aromatic carbocycles. The molecule has 48 heavy (non-hydrogen) atoms. The van der Waals surface area contributed by atoms with Crippen LogP contribution in [-0.2, 0) is 18.3 Å². The van der Waals surface area contributed by atoms with Crippen molar-refractivity contribution in [2.24, 2.45) is 0 Å². The summed E-state index contributed by atoms with van der Waals surface area (Å²) in [7, 11) is 0. The molecule has 0 radical (unpaired) electrons. The van der Waals surface area contributed by atoms with Gasteiger partial charge in [-0.25, -0.2) is 0 Å². The van der Waals surface area contributed by atoms with Gasteiger partial charge in [0.15, 0.2) is 0 Å². The number of benzene rings is 7. The zero-order valence-electron chi connectivity index (χ0n) is 27.7. The second-order valence-corrected chi connectivity index (χ2v) is 14.1. The summed E-state index contributed by atoms with van der Waals surface area (Å²) in [5, 5.41) is 2.53. The monoisotopic (exact) mass is 617 g/mol. The van der Waals surface area contributed by atoms with E-state index in [1.54, 1.807) is 0 Å². The second kappa shape index (κ2) is 11.4. The predicted molar refractivity (Wildman–Crippen MR) is 204 cm³/mol. The predicted octanol–water partition coefficient (Wildman–Crippen LogP) is 12.8. The van der Waals surface area contributed by atoms with E-state index in [0.29, 0.717) is 0 Å². The molecule has 0 fully saturated rings. The minimum Gasteiger partial charge on any atom is -0.310 e. The first-order chi connectivity index (χ1) is 23.5. The molecule has 2 aliphatic carbocycles. The molecule has 0 aliphatic heterocycles. The van der Waals surface area contributed by atoms with Gasteiger partial charge in [-0.3, -0.25) is 0 Å². The van der Waals surface area contributed by atoms with Crippen LogP contribution in [0.5, 0.6) is 0 Å². The summed E-state index contributed by atoms with van der Waals surface area (Å²) in [5.41, 5.74) is 17.0. The van der Waals surface area contributed by atoms with Crippen molar-refractivity contribution in [2.45, 2.75) is 44.9 Å². The van der Waals surface area contributed by atoms with Crippen molar-refractivity contribution in [3.05, 3.63) is 174 Å². The molecule has 2 aliphatic rings. The Labute approximate surface area is 284 Å². The quantitative estimate of drug-likeness (QED) is 0.186. The van der Waals surface area contributed by atoms with E-state index in [4.69, 9.17) is 0 Å². The first-order valence-corrected chi connectivity index (χ1v) is 17.4. The van der Waals surface area contributed by atoms with Gasteiger partial charge in [0.05, 0.1) is 5.69 Å². The third-order valence-corrected chi connectivity index (χ3v) is 10.8. The minimum atomic E-state index is -0.0998. The molecule has 0 heterocycles. The summed E-state index contributed by atoms with van der Waals surface area (Å²) in [4.78, 5) is 2.47. The summed E-state index contributed by atoms with van der Waals surface area (Å²) in [6, 6.07) is 56.6. The maximum absolute atomic E-state index is 2.49. The molecule has 9 rings (SSSR count). The highest BCUT2D eigenvalue weighted by molar-refractivity contribution is 5.95. The van der Waals surface area contributed by atoms with Crippen LogP contribution in [0.1, 0.15) is 48.9 Å². The molecule has 1 nitrogen and oxygen atoms in total. The Hall–Kier alpha value is -5.40. The highest BCUT2D eigenvalue weighted by Gasteiger charge is 2.37. The van der Waals surface area contributed by atoms with E-state index in [9.17, 15) is 0 Å². The molecule has 0 aromatic heterocycles. The molecule has 0 N–H and O–H groups in total. The average molecular weight is 618 g/mol. The summed E-state index contributed by atoms with van der Waals surface area (Å²) >= 11 is 0. The lowest BCUT2D eigenvalue weighted by Gasteiger charge is -2.31. The van der Waals surface area contributed by atoms with Gasteiger partial charge in [0.2, 0.25) is 0 Å². The number of fused-ring (bicyclic) bond motifs is 5. The largest absolute Gasteiger partial charge is 0.310 e. The van der Waals surface area contributed by atoms with Gasteiger partial charge in [0.25, 0.3) is 0 Å². The number of rotatable bonds is 5. The van der Waals surface area contributed by atoms with Crippen LogP contribution in [0.3, 0.4) is 0 Å². The maximum Gasteiger partial charge on any atom is 0.0543 e. The fraction of sp³-hybridized carbons (Fsp3) is 0.149. The van der Waals surface area contributed by atoms with Gasteiger partial charge < -0.3 is 4.90 Å². The van der Waals surface area contributed by atoms with E-state index in [-0.39, 0.29) is 5.41 Å². The normalized spacial score (nSPS) is 14.3. The SMILES string of the molecule is CC1(C)c2ccccc2-c2cc(-c3ccc4c(c3)CCCC4)c(N(c3ccccc3)c3ccc(-c4ccc5ccccc5c4)cc3)cc21. The molecule has 0 saturated heterocycles. The molecule has 232 valence electrons.